The van der Waals surface area contributed by atoms with E-state index in [1.165, 1.54) is 4.68 Å². The molecule has 0 aliphatic carbocycles. The number of nitrogens with one attached hydrogen (secondary N) is 1. The minimum absolute atomic E-state index is 0.0994. The van der Waals surface area contributed by atoms with E-state index in [9.17, 15) is 4.79 Å². The molecule has 2 rings (SSSR count). The number of anilines is 1. The van der Waals surface area contributed by atoms with Gasteiger partial charge in [0.25, 0.3) is 5.56 Å². The Morgan fingerprint density at radius 2 is 2.38 bits per heavy atom. The van der Waals surface area contributed by atoms with Crippen molar-refractivity contribution in [1.82, 2.24) is 14.7 Å². The van der Waals surface area contributed by atoms with Crippen molar-refractivity contribution in [3.8, 4) is 0 Å². The lowest BCUT2D eigenvalue weighted by Crippen LogP contribution is -2.43. The number of likely N-dealkylation sites (N-methyl/N-ethyl adjacent to an activating group) is 1. The van der Waals surface area contributed by atoms with Crippen LogP contribution in [0.2, 0.25) is 5.02 Å². The Balaban J connectivity index is 1.97. The average Bonchev–Trinajstić information content (AvgIpc) is 2.48. The maximum Gasteiger partial charge on any atom is 0.287 e. The Morgan fingerprint density at radius 1 is 1.57 bits per heavy atom. The summed E-state index contributed by atoms with van der Waals surface area (Å²) in [6, 6.07) is 0. The van der Waals surface area contributed by atoms with Gasteiger partial charge in [0, 0.05) is 26.2 Å². The third-order valence-corrected chi connectivity index (χ3v) is 3.94. The number of aryl methyl sites for hydroxylation is 1. The highest BCUT2D eigenvalue weighted by Crippen LogP contribution is 2.16. The van der Waals surface area contributed by atoms with Crippen molar-refractivity contribution < 1.29 is 4.74 Å². The highest BCUT2D eigenvalue weighted by atomic mass is 35.5. The van der Waals surface area contributed by atoms with E-state index >= 15 is 0 Å². The molecule has 21 heavy (non-hydrogen) atoms. The van der Waals surface area contributed by atoms with Crippen molar-refractivity contribution >= 4 is 17.3 Å². The van der Waals surface area contributed by atoms with Gasteiger partial charge in [-0.1, -0.05) is 24.9 Å². The molecule has 0 aromatic carbocycles. The maximum absolute atomic E-state index is 12.1. The lowest BCUT2D eigenvalue weighted by atomic mass is 10.2. The molecular formula is C14H23ClN4O2. The van der Waals surface area contributed by atoms with Gasteiger partial charge in [0.2, 0.25) is 0 Å². The predicted octanol–water partition coefficient (Wildman–Crippen LogP) is 1.44. The number of morpholine rings is 1. The molecule has 1 aromatic heterocycles. The number of hydrogen-bond acceptors (Lipinski definition) is 5. The summed E-state index contributed by atoms with van der Waals surface area (Å²) in [5.41, 5.74) is 0.336. The molecule has 118 valence electrons. The zero-order valence-corrected chi connectivity index (χ0v) is 13.4. The molecule has 0 saturated carbocycles. The van der Waals surface area contributed by atoms with Crippen molar-refractivity contribution in [1.29, 1.82) is 0 Å². The van der Waals surface area contributed by atoms with Crippen molar-refractivity contribution in [2.24, 2.45) is 0 Å². The molecule has 0 spiro atoms. The van der Waals surface area contributed by atoms with Crippen LogP contribution in [0, 0.1) is 0 Å². The van der Waals surface area contributed by atoms with Crippen molar-refractivity contribution in [2.45, 2.75) is 32.4 Å². The molecule has 0 radical (unpaired) electrons. The van der Waals surface area contributed by atoms with Gasteiger partial charge in [-0.15, -0.1) is 0 Å². The fourth-order valence-corrected chi connectivity index (χ4v) is 2.48. The maximum atomic E-state index is 12.1. The van der Waals surface area contributed by atoms with Gasteiger partial charge in [0.1, 0.15) is 5.02 Å². The Morgan fingerprint density at radius 3 is 3.10 bits per heavy atom. The van der Waals surface area contributed by atoms with E-state index in [1.807, 2.05) is 0 Å². The van der Waals surface area contributed by atoms with E-state index < -0.39 is 0 Å². The summed E-state index contributed by atoms with van der Waals surface area (Å²) in [5, 5.41) is 7.53. The fourth-order valence-electron chi connectivity index (χ4n) is 2.27. The number of nitrogens with zero attached hydrogens (tertiary/aromatic N) is 3. The van der Waals surface area contributed by atoms with E-state index in [-0.39, 0.29) is 16.7 Å². The average molecular weight is 315 g/mol. The van der Waals surface area contributed by atoms with Gasteiger partial charge in [-0.2, -0.15) is 5.10 Å². The van der Waals surface area contributed by atoms with E-state index in [0.29, 0.717) is 18.8 Å². The van der Waals surface area contributed by atoms with Gasteiger partial charge in [-0.3, -0.25) is 4.79 Å². The first-order valence-corrected chi connectivity index (χ1v) is 7.79. The predicted molar refractivity (Wildman–Crippen MR) is 84.1 cm³/mol. The monoisotopic (exact) mass is 314 g/mol. The summed E-state index contributed by atoms with van der Waals surface area (Å²) in [7, 11) is 2.07. The second-order valence-electron chi connectivity index (χ2n) is 5.39. The van der Waals surface area contributed by atoms with Gasteiger partial charge >= 0.3 is 0 Å². The highest BCUT2D eigenvalue weighted by molar-refractivity contribution is 6.32. The summed E-state index contributed by atoms with van der Waals surface area (Å²) < 4.78 is 7.08. The largest absolute Gasteiger partial charge is 0.380 e. The van der Waals surface area contributed by atoms with Gasteiger partial charge in [0.15, 0.2) is 0 Å². The fraction of sp³-hybridized carbons (Fsp3) is 0.714. The SMILES string of the molecule is CCCCn1ncc(NCC2CN(C)CCO2)c(Cl)c1=O. The van der Waals surface area contributed by atoms with Gasteiger partial charge in [0.05, 0.1) is 24.6 Å². The number of aromatic nitrogens is 2. The molecule has 7 heteroatoms. The second-order valence-corrected chi connectivity index (χ2v) is 5.77. The molecule has 1 saturated heterocycles. The van der Waals surface area contributed by atoms with E-state index in [1.54, 1.807) is 6.20 Å². The van der Waals surface area contributed by atoms with Crippen LogP contribution in [0.1, 0.15) is 19.8 Å². The van der Waals surface area contributed by atoms with Gasteiger partial charge in [-0.25, -0.2) is 4.68 Å². The Labute approximate surface area is 130 Å². The first kappa shape index (κ1) is 16.3. The highest BCUT2D eigenvalue weighted by Gasteiger charge is 2.18. The summed E-state index contributed by atoms with van der Waals surface area (Å²) in [6.07, 6.45) is 3.64. The van der Waals surface area contributed by atoms with Crippen LogP contribution < -0.4 is 10.9 Å². The van der Waals surface area contributed by atoms with E-state index in [2.05, 4.69) is 29.3 Å². The van der Waals surface area contributed by atoms with Gasteiger partial charge < -0.3 is 15.0 Å². The molecule has 1 aliphatic rings. The van der Waals surface area contributed by atoms with Gasteiger partial charge in [-0.05, 0) is 13.5 Å². The summed E-state index contributed by atoms with van der Waals surface area (Å²) in [5.74, 6) is 0. The molecule has 1 unspecified atom stereocenters. The molecule has 1 aliphatic heterocycles. The van der Waals surface area contributed by atoms with E-state index in [4.69, 9.17) is 16.3 Å². The summed E-state index contributed by atoms with van der Waals surface area (Å²) >= 11 is 6.14. The third kappa shape index (κ3) is 4.43. The van der Waals surface area contributed by atoms with Crippen molar-refractivity contribution in [2.75, 3.05) is 38.6 Å². The summed E-state index contributed by atoms with van der Waals surface area (Å²) in [6.45, 7) is 5.84. The Kier molecular flexibility index (Phi) is 6.02. The second kappa shape index (κ2) is 7.77. The molecule has 0 bridgehead atoms. The van der Waals surface area contributed by atoms with Crippen LogP contribution in [0.25, 0.3) is 0 Å². The number of hydrogen-bond donors (Lipinski definition) is 1. The van der Waals surface area contributed by atoms with Crippen LogP contribution in [0.4, 0.5) is 5.69 Å². The Bertz CT molecular complexity index is 520. The first-order valence-electron chi connectivity index (χ1n) is 7.41. The molecule has 6 nitrogen and oxygen atoms in total. The quantitative estimate of drug-likeness (QED) is 0.861. The van der Waals surface area contributed by atoms with Crippen LogP contribution in [0.3, 0.4) is 0 Å². The number of rotatable bonds is 6. The van der Waals surface area contributed by atoms with Crippen molar-refractivity contribution in [3.05, 3.63) is 21.6 Å². The topological polar surface area (TPSA) is 59.4 Å². The van der Waals surface area contributed by atoms with Crippen LogP contribution in [-0.2, 0) is 11.3 Å². The molecule has 1 atom stereocenters. The zero-order chi connectivity index (χ0) is 15.2. The van der Waals surface area contributed by atoms with Crippen LogP contribution in [0.5, 0.6) is 0 Å². The molecule has 0 amide bonds. The smallest absolute Gasteiger partial charge is 0.287 e. The molecule has 1 aromatic rings. The van der Waals surface area contributed by atoms with Crippen LogP contribution >= 0.6 is 11.6 Å². The number of ether oxygens (including phenoxy) is 1. The van der Waals surface area contributed by atoms with Crippen molar-refractivity contribution in [3.63, 3.8) is 0 Å². The minimum Gasteiger partial charge on any atom is -0.380 e. The van der Waals surface area contributed by atoms with Crippen LogP contribution in [0.15, 0.2) is 11.0 Å². The normalized spacial score (nSPS) is 19.7. The first-order chi connectivity index (χ1) is 10.1. The standard InChI is InChI=1S/C14H23ClN4O2/c1-3-4-5-19-14(20)13(15)12(9-17-19)16-8-11-10-18(2)6-7-21-11/h9,11,16H,3-8,10H2,1-2H3. The van der Waals surface area contributed by atoms with Crippen LogP contribution in [-0.4, -0.2) is 54.1 Å². The summed E-state index contributed by atoms with van der Waals surface area (Å²) in [4.78, 5) is 14.3. The molecule has 1 fully saturated rings. The Hall–Kier alpha value is -1.11. The molecule has 1 N–H and O–H groups in total. The third-order valence-electron chi connectivity index (χ3n) is 3.57. The zero-order valence-electron chi connectivity index (χ0n) is 12.6. The lowest BCUT2D eigenvalue weighted by Gasteiger charge is -2.30. The molecular weight excluding hydrogens is 292 g/mol. The molecule has 2 heterocycles. The number of unbranched alkanes of at least 4 members (excludes halogenated alkanes) is 1. The number of halogens is 1. The lowest BCUT2D eigenvalue weighted by molar-refractivity contribution is -0.0117. The minimum atomic E-state index is -0.239. The van der Waals surface area contributed by atoms with E-state index in [0.717, 1.165) is 32.5 Å².